The number of rotatable bonds is 62. The van der Waals surface area contributed by atoms with Gasteiger partial charge in [-0.05, 0) is 83.5 Å². The van der Waals surface area contributed by atoms with Crippen LogP contribution < -0.4 is 5.32 Å². The zero-order valence-electron chi connectivity index (χ0n) is 58.7. The van der Waals surface area contributed by atoms with E-state index in [-0.39, 0.29) is 18.9 Å². The third-order valence-electron chi connectivity index (χ3n) is 18.0. The van der Waals surface area contributed by atoms with E-state index < -0.39 is 86.8 Å². The van der Waals surface area contributed by atoms with Gasteiger partial charge >= 0.3 is 0 Å². The van der Waals surface area contributed by atoms with Crippen molar-refractivity contribution in [3.8, 4) is 0 Å². The molecule has 0 saturated carbocycles. The minimum Gasteiger partial charge on any atom is -0.394 e. The fourth-order valence-corrected chi connectivity index (χ4v) is 12.0. The van der Waals surface area contributed by atoms with Gasteiger partial charge in [0.05, 0.1) is 32.0 Å². The minimum absolute atomic E-state index is 0.255. The smallest absolute Gasteiger partial charge is 0.220 e. The summed E-state index contributed by atoms with van der Waals surface area (Å²) in [7, 11) is 0. The number of unbranched alkanes of at least 4 members (excludes halogenated alkanes) is 35. The Labute approximate surface area is 566 Å². The average molecular weight is 1310 g/mol. The molecule has 14 nitrogen and oxygen atoms in total. The van der Waals surface area contributed by atoms with Crippen molar-refractivity contribution >= 4 is 5.91 Å². The average Bonchev–Trinajstić information content (AvgIpc) is 0.854. The highest BCUT2D eigenvalue weighted by atomic mass is 16.7. The number of amides is 1. The minimum atomic E-state index is -1.80. The molecule has 0 aliphatic carbocycles. The molecule has 9 N–H and O–H groups in total. The summed E-state index contributed by atoms with van der Waals surface area (Å²) >= 11 is 0. The Kier molecular flexibility index (Phi) is 57.7. The zero-order chi connectivity index (χ0) is 67.3. The van der Waals surface area contributed by atoms with E-state index in [1.165, 1.54) is 193 Å². The van der Waals surface area contributed by atoms with E-state index in [4.69, 9.17) is 18.9 Å². The maximum atomic E-state index is 13.4. The quantitative estimate of drug-likeness (QED) is 0.0204. The van der Waals surface area contributed by atoms with Gasteiger partial charge in [-0.1, -0.05) is 310 Å². The van der Waals surface area contributed by atoms with E-state index in [1.807, 2.05) is 6.08 Å². The van der Waals surface area contributed by atoms with Crippen molar-refractivity contribution in [2.45, 2.75) is 376 Å². The van der Waals surface area contributed by atoms with E-state index in [0.29, 0.717) is 12.8 Å². The maximum absolute atomic E-state index is 13.4. The number of allylic oxidation sites excluding steroid dienone is 15. The standard InChI is InChI=1S/C79H139NO13/c1-3-5-7-9-11-13-15-17-19-21-23-25-27-29-31-33-35-36-38-40-42-44-46-48-50-52-54-56-58-60-62-68(83)67(66-90-78-76(89)74(87)77(70(65-82)92-78)93-79-75(88)73(86)72(85)69(64-81)91-79)80-71(84)63-61-59-57-55-53-51-49-47-45-43-41-39-37-34-32-30-28-26-24-22-20-18-16-14-12-10-8-6-4-2/h6,8,12,14,18,20,24,26,30,32,37,39,52,54,60,62,67-70,72-79,81-83,85-89H,3-5,7,9-11,13,15-17,19,21-23,25,27-29,31,33-36,38,40-51,53,55-59,61,63-66H2,1-2H3,(H,80,84)/b8-6-,14-12-,20-18-,26-24-,32-30-,39-37-,54-52+,62-60+. The lowest BCUT2D eigenvalue weighted by Crippen LogP contribution is -2.65. The van der Waals surface area contributed by atoms with Crippen molar-refractivity contribution in [2.24, 2.45) is 0 Å². The Hall–Kier alpha value is -3.09. The maximum Gasteiger partial charge on any atom is 0.220 e. The van der Waals surface area contributed by atoms with Gasteiger partial charge in [-0.15, -0.1) is 0 Å². The van der Waals surface area contributed by atoms with Crippen molar-refractivity contribution in [3.05, 3.63) is 97.2 Å². The van der Waals surface area contributed by atoms with Crippen LogP contribution in [-0.4, -0.2) is 140 Å². The molecule has 0 bridgehead atoms. The molecule has 2 aliphatic heterocycles. The summed E-state index contributed by atoms with van der Waals surface area (Å²) in [6, 6.07) is -0.942. The number of aliphatic hydroxyl groups excluding tert-OH is 8. The Morgan fingerprint density at radius 2 is 0.753 bits per heavy atom. The van der Waals surface area contributed by atoms with E-state index >= 15 is 0 Å². The number of nitrogens with one attached hydrogen (secondary N) is 1. The summed E-state index contributed by atoms with van der Waals surface area (Å²) in [6.07, 6.45) is 71.9. The molecule has 12 atom stereocenters. The van der Waals surface area contributed by atoms with Crippen molar-refractivity contribution in [2.75, 3.05) is 19.8 Å². The largest absolute Gasteiger partial charge is 0.394 e. The fraction of sp³-hybridized carbons (Fsp3) is 0.785. The second kappa shape index (κ2) is 62.4. The van der Waals surface area contributed by atoms with Gasteiger partial charge in [0.1, 0.15) is 48.8 Å². The molecule has 538 valence electrons. The van der Waals surface area contributed by atoms with Crippen molar-refractivity contribution in [1.82, 2.24) is 5.32 Å². The van der Waals surface area contributed by atoms with Gasteiger partial charge in [0, 0.05) is 6.42 Å². The highest BCUT2D eigenvalue weighted by molar-refractivity contribution is 5.76. The van der Waals surface area contributed by atoms with Crippen LogP contribution in [0.3, 0.4) is 0 Å². The molecule has 0 aromatic carbocycles. The SMILES string of the molecule is CC/C=C\C/C=C\C/C=C\C/C=C\C/C=C\C/C=C\CCCCCCCCCCCCC(=O)NC(COC1OC(CO)C(OC2OC(CO)C(O)C(O)C2O)C(O)C1O)C(O)/C=C/CC/C=C/CCCCCCCCCCCCCCCCCCCCCCCCCC. The molecule has 2 rings (SSSR count). The van der Waals surface area contributed by atoms with E-state index in [0.717, 1.165) is 77.0 Å². The summed E-state index contributed by atoms with van der Waals surface area (Å²) < 4.78 is 22.9. The molecule has 93 heavy (non-hydrogen) atoms. The Bertz CT molecular complexity index is 1930. The highest BCUT2D eigenvalue weighted by Gasteiger charge is 2.51. The van der Waals surface area contributed by atoms with Crippen LogP contribution in [0.15, 0.2) is 97.2 Å². The van der Waals surface area contributed by atoms with Gasteiger partial charge in [-0.2, -0.15) is 0 Å². The molecule has 2 heterocycles. The summed E-state index contributed by atoms with van der Waals surface area (Å²) in [4.78, 5) is 13.4. The topological polar surface area (TPSA) is 228 Å². The first kappa shape index (κ1) is 86.0. The Balaban J connectivity index is 1.67. The molecular formula is C79H139NO13. The van der Waals surface area contributed by atoms with Crippen LogP contribution in [0.2, 0.25) is 0 Å². The van der Waals surface area contributed by atoms with Crippen LogP contribution >= 0.6 is 0 Å². The molecule has 0 spiro atoms. The molecule has 2 aliphatic rings. The van der Waals surface area contributed by atoms with Crippen molar-refractivity contribution < 1.29 is 64.6 Å². The number of ether oxygens (including phenoxy) is 4. The predicted octanol–water partition coefficient (Wildman–Crippen LogP) is 16.5. The number of aliphatic hydroxyl groups is 8. The molecule has 0 aromatic rings. The van der Waals surface area contributed by atoms with E-state index in [1.54, 1.807) is 6.08 Å². The van der Waals surface area contributed by atoms with Crippen LogP contribution in [0.1, 0.15) is 303 Å². The molecule has 2 fully saturated rings. The van der Waals surface area contributed by atoms with Gasteiger partial charge in [0.2, 0.25) is 5.91 Å². The van der Waals surface area contributed by atoms with Crippen LogP contribution in [0, 0.1) is 0 Å². The van der Waals surface area contributed by atoms with Gasteiger partial charge < -0.3 is 65.1 Å². The van der Waals surface area contributed by atoms with Gasteiger partial charge in [0.25, 0.3) is 0 Å². The third-order valence-corrected chi connectivity index (χ3v) is 18.0. The second-order valence-electron chi connectivity index (χ2n) is 26.4. The highest BCUT2D eigenvalue weighted by Crippen LogP contribution is 2.30. The monoisotopic (exact) mass is 1310 g/mol. The van der Waals surface area contributed by atoms with Crippen LogP contribution in [-0.2, 0) is 23.7 Å². The summed E-state index contributed by atoms with van der Waals surface area (Å²) in [5.41, 5.74) is 0. The van der Waals surface area contributed by atoms with E-state index in [9.17, 15) is 45.6 Å². The van der Waals surface area contributed by atoms with Gasteiger partial charge in [0.15, 0.2) is 12.6 Å². The summed E-state index contributed by atoms with van der Waals surface area (Å²) in [5.74, 6) is -0.255. The second-order valence-corrected chi connectivity index (χ2v) is 26.4. The number of hydrogen-bond acceptors (Lipinski definition) is 13. The van der Waals surface area contributed by atoms with Crippen LogP contribution in [0.5, 0.6) is 0 Å². The van der Waals surface area contributed by atoms with Gasteiger partial charge in [-0.25, -0.2) is 0 Å². The molecule has 0 aromatic heterocycles. The third kappa shape index (κ3) is 45.9. The number of hydrogen-bond donors (Lipinski definition) is 9. The lowest BCUT2D eigenvalue weighted by Gasteiger charge is -2.46. The fourth-order valence-electron chi connectivity index (χ4n) is 12.0. The summed E-state index contributed by atoms with van der Waals surface area (Å²) in [6.45, 7) is 2.70. The number of carbonyl (C=O) groups excluding carboxylic acids is 1. The first-order chi connectivity index (χ1) is 45.6. The number of carbonyl (C=O) groups is 1. The molecular weight excluding hydrogens is 1170 g/mol. The van der Waals surface area contributed by atoms with Crippen LogP contribution in [0.4, 0.5) is 0 Å². The lowest BCUT2D eigenvalue weighted by atomic mass is 9.97. The van der Waals surface area contributed by atoms with Gasteiger partial charge in [-0.3, -0.25) is 4.79 Å². The first-order valence-electron chi connectivity index (χ1n) is 38.0. The molecule has 12 unspecified atom stereocenters. The predicted molar refractivity (Wildman–Crippen MR) is 383 cm³/mol. The Morgan fingerprint density at radius 3 is 1.18 bits per heavy atom. The Morgan fingerprint density at radius 1 is 0.398 bits per heavy atom. The van der Waals surface area contributed by atoms with Crippen molar-refractivity contribution in [3.63, 3.8) is 0 Å². The van der Waals surface area contributed by atoms with E-state index in [2.05, 4.69) is 104 Å². The van der Waals surface area contributed by atoms with Crippen molar-refractivity contribution in [1.29, 1.82) is 0 Å². The molecule has 0 radical (unpaired) electrons. The molecule has 2 saturated heterocycles. The summed E-state index contributed by atoms with van der Waals surface area (Å²) in [5, 5.41) is 87.6. The molecule has 14 heteroatoms. The first-order valence-corrected chi connectivity index (χ1v) is 38.0. The zero-order valence-corrected chi connectivity index (χ0v) is 58.7. The molecule has 1 amide bonds. The van der Waals surface area contributed by atoms with Crippen LogP contribution in [0.25, 0.3) is 0 Å². The lowest BCUT2D eigenvalue weighted by molar-refractivity contribution is -0.359. The normalized spacial score (nSPS) is 23.1.